The zero-order valence-corrected chi connectivity index (χ0v) is 10.6. The van der Waals surface area contributed by atoms with Gasteiger partial charge in [0.1, 0.15) is 11.6 Å². The van der Waals surface area contributed by atoms with Gasteiger partial charge in [-0.25, -0.2) is 4.98 Å². The lowest BCUT2D eigenvalue weighted by molar-refractivity contribution is 0.471. The summed E-state index contributed by atoms with van der Waals surface area (Å²) in [5.74, 6) is 1.24. The van der Waals surface area contributed by atoms with E-state index in [1.807, 2.05) is 18.3 Å². The second-order valence-electron chi connectivity index (χ2n) is 4.36. The van der Waals surface area contributed by atoms with E-state index in [0.717, 1.165) is 30.8 Å². The van der Waals surface area contributed by atoms with Crippen LogP contribution < -0.4 is 5.32 Å². The molecule has 1 heterocycles. The van der Waals surface area contributed by atoms with Crippen LogP contribution in [-0.4, -0.2) is 21.6 Å². The minimum Gasteiger partial charge on any atom is -0.508 e. The van der Waals surface area contributed by atoms with Crippen molar-refractivity contribution in [3.63, 3.8) is 0 Å². The molecule has 0 spiro atoms. The summed E-state index contributed by atoms with van der Waals surface area (Å²) in [6.45, 7) is 3.09. The highest BCUT2D eigenvalue weighted by molar-refractivity contribution is 5.28. The Kier molecular flexibility index (Phi) is 4.36. The van der Waals surface area contributed by atoms with Gasteiger partial charge in [-0.3, -0.25) is 0 Å². The summed E-state index contributed by atoms with van der Waals surface area (Å²) < 4.78 is 0. The van der Waals surface area contributed by atoms with E-state index in [0.29, 0.717) is 5.75 Å². The van der Waals surface area contributed by atoms with Gasteiger partial charge in [-0.2, -0.15) is 0 Å². The van der Waals surface area contributed by atoms with Crippen LogP contribution in [0.25, 0.3) is 0 Å². The fraction of sp³-hybridized carbons (Fsp3) is 0.357. The molecule has 1 aromatic carbocycles. The smallest absolute Gasteiger partial charge is 0.123 e. The average Bonchev–Trinajstić information content (AvgIpc) is 2.88. The fourth-order valence-corrected chi connectivity index (χ4v) is 1.97. The predicted octanol–water partition coefficient (Wildman–Crippen LogP) is 2.40. The molecule has 0 aliphatic carbocycles. The van der Waals surface area contributed by atoms with Crippen LogP contribution in [0.5, 0.6) is 5.75 Å². The first-order valence-electron chi connectivity index (χ1n) is 6.30. The molecule has 0 saturated carbocycles. The van der Waals surface area contributed by atoms with Crippen LogP contribution in [-0.2, 0) is 6.42 Å². The fourth-order valence-electron chi connectivity index (χ4n) is 1.97. The summed E-state index contributed by atoms with van der Waals surface area (Å²) in [4.78, 5) is 7.45. The number of phenolic OH excluding ortho intramolecular Hbond substituents is 1. The molecule has 3 N–H and O–H groups in total. The molecule has 2 rings (SSSR count). The molecule has 0 bridgehead atoms. The normalized spacial score (nSPS) is 12.5. The lowest BCUT2D eigenvalue weighted by atomic mass is 10.0. The van der Waals surface area contributed by atoms with Crippen LogP contribution in [0, 0.1) is 0 Å². The summed E-state index contributed by atoms with van der Waals surface area (Å²) in [5, 5.41) is 13.0. The summed E-state index contributed by atoms with van der Waals surface area (Å²) in [5.41, 5.74) is 1.10. The Labute approximate surface area is 107 Å². The van der Waals surface area contributed by atoms with Crippen molar-refractivity contribution in [1.29, 1.82) is 0 Å². The van der Waals surface area contributed by atoms with E-state index in [2.05, 4.69) is 22.2 Å². The first kappa shape index (κ1) is 12.6. The SMILES string of the molecule is CCCNC(Cc1cccc(O)c1)c1ncc[nH]1. The maximum Gasteiger partial charge on any atom is 0.123 e. The maximum atomic E-state index is 9.49. The quantitative estimate of drug-likeness (QED) is 0.732. The largest absolute Gasteiger partial charge is 0.508 e. The third-order valence-electron chi connectivity index (χ3n) is 2.84. The van der Waals surface area contributed by atoms with Gasteiger partial charge in [0.25, 0.3) is 0 Å². The molecule has 0 aliphatic rings. The molecule has 0 fully saturated rings. The third-order valence-corrected chi connectivity index (χ3v) is 2.84. The van der Waals surface area contributed by atoms with E-state index in [1.165, 1.54) is 0 Å². The first-order chi connectivity index (χ1) is 8.79. The minimum atomic E-state index is 0.154. The number of imidazole rings is 1. The Hall–Kier alpha value is -1.81. The summed E-state index contributed by atoms with van der Waals surface area (Å²) in [6.07, 6.45) is 5.48. The molecule has 2 aromatic rings. The number of rotatable bonds is 6. The van der Waals surface area contributed by atoms with Crippen molar-refractivity contribution in [3.8, 4) is 5.75 Å². The zero-order chi connectivity index (χ0) is 12.8. The Morgan fingerprint density at radius 3 is 3.00 bits per heavy atom. The van der Waals surface area contributed by atoms with Crippen molar-refractivity contribution in [3.05, 3.63) is 48.0 Å². The number of aromatic nitrogens is 2. The van der Waals surface area contributed by atoms with E-state index in [9.17, 15) is 5.11 Å². The first-order valence-corrected chi connectivity index (χ1v) is 6.30. The van der Waals surface area contributed by atoms with E-state index in [1.54, 1.807) is 18.3 Å². The molecule has 4 nitrogen and oxygen atoms in total. The van der Waals surface area contributed by atoms with Gasteiger partial charge in [-0.15, -0.1) is 0 Å². The van der Waals surface area contributed by atoms with E-state index < -0.39 is 0 Å². The lowest BCUT2D eigenvalue weighted by Crippen LogP contribution is -2.25. The van der Waals surface area contributed by atoms with Crippen molar-refractivity contribution in [2.45, 2.75) is 25.8 Å². The van der Waals surface area contributed by atoms with Crippen LogP contribution in [0.4, 0.5) is 0 Å². The molecule has 0 saturated heterocycles. The van der Waals surface area contributed by atoms with Gasteiger partial charge in [0.2, 0.25) is 0 Å². The Morgan fingerprint density at radius 1 is 1.44 bits per heavy atom. The lowest BCUT2D eigenvalue weighted by Gasteiger charge is -2.16. The standard InChI is InChI=1S/C14H19N3O/c1-2-6-15-13(14-16-7-8-17-14)10-11-4-3-5-12(18)9-11/h3-5,7-9,13,15,18H,2,6,10H2,1H3,(H,16,17). The number of hydrogen-bond donors (Lipinski definition) is 3. The van der Waals surface area contributed by atoms with E-state index in [4.69, 9.17) is 0 Å². The number of hydrogen-bond acceptors (Lipinski definition) is 3. The zero-order valence-electron chi connectivity index (χ0n) is 10.6. The number of aromatic hydroxyl groups is 1. The highest BCUT2D eigenvalue weighted by atomic mass is 16.3. The van der Waals surface area contributed by atoms with Crippen molar-refractivity contribution in [2.75, 3.05) is 6.54 Å². The third kappa shape index (κ3) is 3.34. The molecule has 1 aromatic heterocycles. The van der Waals surface area contributed by atoms with Crippen molar-refractivity contribution in [2.24, 2.45) is 0 Å². The number of benzene rings is 1. The van der Waals surface area contributed by atoms with Crippen LogP contribution in [0.15, 0.2) is 36.7 Å². The monoisotopic (exact) mass is 245 g/mol. The molecular weight excluding hydrogens is 226 g/mol. The molecule has 1 unspecified atom stereocenters. The second-order valence-corrected chi connectivity index (χ2v) is 4.36. The van der Waals surface area contributed by atoms with Crippen molar-refractivity contribution in [1.82, 2.24) is 15.3 Å². The topological polar surface area (TPSA) is 60.9 Å². The van der Waals surface area contributed by atoms with Crippen molar-refractivity contribution >= 4 is 0 Å². The molecule has 4 heteroatoms. The predicted molar refractivity (Wildman–Crippen MR) is 71.4 cm³/mol. The van der Waals surface area contributed by atoms with Gasteiger partial charge in [-0.05, 0) is 37.1 Å². The van der Waals surface area contributed by atoms with Crippen LogP contribution >= 0.6 is 0 Å². The van der Waals surface area contributed by atoms with E-state index >= 15 is 0 Å². The number of nitrogens with zero attached hydrogens (tertiary/aromatic N) is 1. The molecular formula is C14H19N3O. The highest BCUT2D eigenvalue weighted by Crippen LogP contribution is 2.18. The van der Waals surface area contributed by atoms with Gasteiger partial charge in [-0.1, -0.05) is 19.1 Å². The van der Waals surface area contributed by atoms with Crippen molar-refractivity contribution < 1.29 is 5.11 Å². The molecule has 0 radical (unpaired) electrons. The minimum absolute atomic E-state index is 0.154. The number of H-pyrrole nitrogens is 1. The Morgan fingerprint density at radius 2 is 2.33 bits per heavy atom. The van der Waals surface area contributed by atoms with Gasteiger partial charge < -0.3 is 15.4 Å². The Bertz CT molecular complexity index is 468. The number of nitrogens with one attached hydrogen (secondary N) is 2. The van der Waals surface area contributed by atoms with Crippen LogP contribution in [0.1, 0.15) is 30.8 Å². The summed E-state index contributed by atoms with van der Waals surface area (Å²) in [7, 11) is 0. The van der Waals surface area contributed by atoms with Gasteiger partial charge in [0.15, 0.2) is 0 Å². The maximum absolute atomic E-state index is 9.49. The molecule has 96 valence electrons. The van der Waals surface area contributed by atoms with Crippen LogP contribution in [0.3, 0.4) is 0 Å². The molecule has 1 atom stereocenters. The average molecular weight is 245 g/mol. The molecule has 0 aliphatic heterocycles. The Balaban J connectivity index is 2.10. The van der Waals surface area contributed by atoms with Gasteiger partial charge >= 0.3 is 0 Å². The molecule has 18 heavy (non-hydrogen) atoms. The van der Waals surface area contributed by atoms with Gasteiger partial charge in [0, 0.05) is 12.4 Å². The number of phenols is 1. The number of aromatic amines is 1. The van der Waals surface area contributed by atoms with Crippen LogP contribution in [0.2, 0.25) is 0 Å². The second kappa shape index (κ2) is 6.21. The summed E-state index contributed by atoms with van der Waals surface area (Å²) in [6, 6.07) is 7.52. The van der Waals surface area contributed by atoms with Gasteiger partial charge in [0.05, 0.1) is 6.04 Å². The summed E-state index contributed by atoms with van der Waals surface area (Å²) >= 11 is 0. The highest BCUT2D eigenvalue weighted by Gasteiger charge is 2.13. The molecule has 0 amide bonds. The van der Waals surface area contributed by atoms with E-state index in [-0.39, 0.29) is 6.04 Å².